The van der Waals surface area contributed by atoms with Gasteiger partial charge in [0.15, 0.2) is 5.75 Å². The molecule has 0 spiro atoms. The van der Waals surface area contributed by atoms with E-state index >= 15 is 0 Å². The fraction of sp³-hybridized carbons (Fsp3) is 0.625. The molecule has 2 rings (SSSR count). The standard InChI is InChI=1S/C16H24N2O3/c1-12(2)10-17-11-13-7-8-16(15(9-13)18(19)20)21-14-5-3-4-6-14/h7-9,12,14,17H,3-6,10-11H2,1-2H3. The van der Waals surface area contributed by atoms with Crippen molar-refractivity contribution in [3.63, 3.8) is 0 Å². The number of ether oxygens (including phenoxy) is 1. The van der Waals surface area contributed by atoms with Gasteiger partial charge in [-0.2, -0.15) is 0 Å². The summed E-state index contributed by atoms with van der Waals surface area (Å²) >= 11 is 0. The summed E-state index contributed by atoms with van der Waals surface area (Å²) in [5, 5.41) is 14.5. The van der Waals surface area contributed by atoms with Crippen LogP contribution < -0.4 is 10.1 Å². The van der Waals surface area contributed by atoms with Crippen LogP contribution in [0.5, 0.6) is 5.75 Å². The summed E-state index contributed by atoms with van der Waals surface area (Å²) in [5.41, 5.74) is 0.992. The first-order valence-corrected chi connectivity index (χ1v) is 7.71. The Morgan fingerprint density at radius 3 is 2.71 bits per heavy atom. The van der Waals surface area contributed by atoms with Gasteiger partial charge >= 0.3 is 5.69 Å². The summed E-state index contributed by atoms with van der Waals surface area (Å²) in [7, 11) is 0. The second-order valence-corrected chi connectivity index (χ2v) is 6.11. The Kier molecular flexibility index (Phi) is 5.56. The number of hydrogen-bond acceptors (Lipinski definition) is 4. The van der Waals surface area contributed by atoms with Gasteiger partial charge in [-0.25, -0.2) is 0 Å². The molecule has 5 heteroatoms. The van der Waals surface area contributed by atoms with E-state index in [1.807, 2.05) is 6.07 Å². The number of nitro groups is 1. The SMILES string of the molecule is CC(C)CNCc1ccc(OC2CCCC2)c([N+](=O)[O-])c1. The highest BCUT2D eigenvalue weighted by molar-refractivity contribution is 5.48. The second-order valence-electron chi connectivity index (χ2n) is 6.11. The summed E-state index contributed by atoms with van der Waals surface area (Å²) < 4.78 is 5.80. The van der Waals surface area contributed by atoms with E-state index in [1.165, 1.54) is 0 Å². The van der Waals surface area contributed by atoms with Crippen molar-refractivity contribution in [3.8, 4) is 5.75 Å². The normalized spacial score (nSPS) is 15.6. The van der Waals surface area contributed by atoms with E-state index in [4.69, 9.17) is 4.74 Å². The van der Waals surface area contributed by atoms with E-state index in [9.17, 15) is 10.1 Å². The van der Waals surface area contributed by atoms with Gasteiger partial charge in [-0.3, -0.25) is 10.1 Å². The van der Waals surface area contributed by atoms with Gasteiger partial charge in [-0.15, -0.1) is 0 Å². The lowest BCUT2D eigenvalue weighted by atomic mass is 10.1. The average Bonchev–Trinajstić information content (AvgIpc) is 2.92. The molecule has 0 bridgehead atoms. The van der Waals surface area contributed by atoms with E-state index in [2.05, 4.69) is 19.2 Å². The molecule has 21 heavy (non-hydrogen) atoms. The lowest BCUT2D eigenvalue weighted by Gasteiger charge is -2.14. The van der Waals surface area contributed by atoms with Crippen molar-refractivity contribution in [1.29, 1.82) is 0 Å². The summed E-state index contributed by atoms with van der Waals surface area (Å²) in [5.74, 6) is 0.962. The minimum absolute atomic E-state index is 0.0748. The van der Waals surface area contributed by atoms with Gasteiger partial charge in [0.05, 0.1) is 11.0 Å². The number of nitro benzene ring substituents is 1. The maximum absolute atomic E-state index is 11.2. The number of nitrogens with one attached hydrogen (secondary N) is 1. The second kappa shape index (κ2) is 7.41. The zero-order chi connectivity index (χ0) is 15.2. The molecule has 1 aromatic carbocycles. The van der Waals surface area contributed by atoms with E-state index in [-0.39, 0.29) is 16.7 Å². The molecule has 1 N–H and O–H groups in total. The fourth-order valence-corrected chi connectivity index (χ4v) is 2.61. The van der Waals surface area contributed by atoms with Gasteiger partial charge in [0.2, 0.25) is 0 Å². The van der Waals surface area contributed by atoms with E-state index in [0.29, 0.717) is 18.2 Å². The minimum Gasteiger partial charge on any atom is -0.484 e. The predicted molar refractivity (Wildman–Crippen MR) is 82.5 cm³/mol. The molecule has 1 fully saturated rings. The molecule has 0 heterocycles. The van der Waals surface area contributed by atoms with Gasteiger partial charge in [-0.05, 0) is 49.8 Å². The van der Waals surface area contributed by atoms with Crippen LogP contribution in [0, 0.1) is 16.0 Å². The van der Waals surface area contributed by atoms with Crippen molar-refractivity contribution in [2.24, 2.45) is 5.92 Å². The van der Waals surface area contributed by atoms with Gasteiger partial charge in [0, 0.05) is 12.6 Å². The molecule has 1 aromatic rings. The summed E-state index contributed by atoms with van der Waals surface area (Å²) in [6, 6.07) is 5.27. The Hall–Kier alpha value is -1.62. The Labute approximate surface area is 125 Å². The zero-order valence-electron chi connectivity index (χ0n) is 12.8. The molecular weight excluding hydrogens is 268 g/mol. The molecule has 1 saturated carbocycles. The summed E-state index contributed by atoms with van der Waals surface area (Å²) in [4.78, 5) is 10.9. The maximum atomic E-state index is 11.2. The van der Waals surface area contributed by atoms with Crippen LogP contribution in [-0.4, -0.2) is 17.6 Å². The van der Waals surface area contributed by atoms with Gasteiger partial charge in [-0.1, -0.05) is 19.9 Å². The van der Waals surface area contributed by atoms with Crippen molar-refractivity contribution in [1.82, 2.24) is 5.32 Å². The molecule has 0 unspecified atom stereocenters. The third-order valence-electron chi connectivity index (χ3n) is 3.70. The van der Waals surface area contributed by atoms with Crippen molar-refractivity contribution < 1.29 is 9.66 Å². The van der Waals surface area contributed by atoms with Gasteiger partial charge in [0.25, 0.3) is 0 Å². The predicted octanol–water partition coefficient (Wildman–Crippen LogP) is 3.66. The van der Waals surface area contributed by atoms with Crippen LogP contribution in [0.25, 0.3) is 0 Å². The first-order valence-electron chi connectivity index (χ1n) is 7.71. The number of benzene rings is 1. The average molecular weight is 292 g/mol. The highest BCUT2D eigenvalue weighted by Gasteiger charge is 2.22. The van der Waals surface area contributed by atoms with Crippen molar-refractivity contribution >= 4 is 5.69 Å². The zero-order valence-corrected chi connectivity index (χ0v) is 12.8. The lowest BCUT2D eigenvalue weighted by Crippen LogP contribution is -2.19. The largest absolute Gasteiger partial charge is 0.484 e. The van der Waals surface area contributed by atoms with E-state index in [0.717, 1.165) is 37.8 Å². The highest BCUT2D eigenvalue weighted by atomic mass is 16.6. The van der Waals surface area contributed by atoms with Gasteiger partial charge < -0.3 is 10.1 Å². The first-order chi connectivity index (χ1) is 10.1. The van der Waals surface area contributed by atoms with Crippen LogP contribution in [0.4, 0.5) is 5.69 Å². The Morgan fingerprint density at radius 2 is 2.10 bits per heavy atom. The molecule has 0 amide bonds. The fourth-order valence-electron chi connectivity index (χ4n) is 2.61. The highest BCUT2D eigenvalue weighted by Crippen LogP contribution is 2.32. The molecule has 1 aliphatic rings. The summed E-state index contributed by atoms with van der Waals surface area (Å²) in [6.45, 7) is 5.80. The number of nitrogens with zero attached hydrogens (tertiary/aromatic N) is 1. The van der Waals surface area contributed by atoms with Crippen LogP contribution in [0.2, 0.25) is 0 Å². The van der Waals surface area contributed by atoms with Crippen LogP contribution >= 0.6 is 0 Å². The first kappa shape index (κ1) is 15.8. The van der Waals surface area contributed by atoms with Crippen LogP contribution in [-0.2, 0) is 6.54 Å². The quantitative estimate of drug-likeness (QED) is 0.615. The van der Waals surface area contributed by atoms with Crippen LogP contribution in [0.1, 0.15) is 45.1 Å². The molecular formula is C16H24N2O3. The molecule has 0 atom stereocenters. The molecule has 0 aliphatic heterocycles. The summed E-state index contributed by atoms with van der Waals surface area (Å²) in [6.07, 6.45) is 4.42. The Balaban J connectivity index is 2.05. The van der Waals surface area contributed by atoms with E-state index < -0.39 is 0 Å². The number of rotatable bonds is 7. The monoisotopic (exact) mass is 292 g/mol. The molecule has 0 aromatic heterocycles. The molecule has 0 radical (unpaired) electrons. The number of hydrogen-bond donors (Lipinski definition) is 1. The third kappa shape index (κ3) is 4.70. The van der Waals surface area contributed by atoms with Crippen LogP contribution in [0.3, 0.4) is 0 Å². The van der Waals surface area contributed by atoms with Crippen LogP contribution in [0.15, 0.2) is 18.2 Å². The Morgan fingerprint density at radius 1 is 1.38 bits per heavy atom. The van der Waals surface area contributed by atoms with Crippen molar-refractivity contribution in [2.75, 3.05) is 6.54 Å². The lowest BCUT2D eigenvalue weighted by molar-refractivity contribution is -0.386. The third-order valence-corrected chi connectivity index (χ3v) is 3.70. The molecule has 5 nitrogen and oxygen atoms in total. The van der Waals surface area contributed by atoms with Crippen molar-refractivity contribution in [3.05, 3.63) is 33.9 Å². The molecule has 1 aliphatic carbocycles. The maximum Gasteiger partial charge on any atom is 0.311 e. The molecule has 0 saturated heterocycles. The van der Waals surface area contributed by atoms with Crippen molar-refractivity contribution in [2.45, 2.75) is 52.2 Å². The van der Waals surface area contributed by atoms with Gasteiger partial charge in [0.1, 0.15) is 0 Å². The smallest absolute Gasteiger partial charge is 0.311 e. The molecule has 116 valence electrons. The topological polar surface area (TPSA) is 64.4 Å². The Bertz CT molecular complexity index is 482. The van der Waals surface area contributed by atoms with E-state index in [1.54, 1.807) is 12.1 Å². The minimum atomic E-state index is -0.351.